The predicted molar refractivity (Wildman–Crippen MR) is 105 cm³/mol. The van der Waals surface area contributed by atoms with Crippen molar-refractivity contribution >= 4 is 17.6 Å². The third-order valence-electron chi connectivity index (χ3n) is 4.70. The first-order valence-corrected chi connectivity index (χ1v) is 9.43. The Morgan fingerprint density at radius 1 is 1.03 bits per heavy atom. The number of hydrogen-bond acceptors (Lipinski definition) is 4. The molecule has 3 rings (SSSR count). The van der Waals surface area contributed by atoms with Gasteiger partial charge in [0.25, 0.3) is 0 Å². The van der Waals surface area contributed by atoms with E-state index in [1.165, 1.54) is 18.2 Å². The van der Waals surface area contributed by atoms with Crippen molar-refractivity contribution in [2.75, 3.05) is 38.0 Å². The zero-order valence-electron chi connectivity index (χ0n) is 16.2. The first-order chi connectivity index (χ1) is 14.3. The Bertz CT molecular complexity index is 868. The number of aromatic nitrogens is 1. The molecular weight excluding hydrogens is 399 g/mol. The number of rotatable bonds is 5. The quantitative estimate of drug-likeness (QED) is 0.778. The molecule has 160 valence electrons. The molecule has 2 heterocycles. The van der Waals surface area contributed by atoms with E-state index in [-0.39, 0.29) is 18.3 Å². The lowest BCUT2D eigenvalue weighted by Crippen LogP contribution is -2.52. The number of para-hydroxylation sites is 1. The fourth-order valence-corrected chi connectivity index (χ4v) is 3.13. The molecule has 2 aromatic rings. The number of amides is 3. The Balaban J connectivity index is 1.44. The highest BCUT2D eigenvalue weighted by molar-refractivity contribution is 5.93. The van der Waals surface area contributed by atoms with Gasteiger partial charge in [0.2, 0.25) is 5.91 Å². The zero-order valence-corrected chi connectivity index (χ0v) is 16.2. The first-order valence-electron chi connectivity index (χ1n) is 9.43. The van der Waals surface area contributed by atoms with Crippen molar-refractivity contribution < 1.29 is 22.8 Å². The molecule has 7 nitrogen and oxygen atoms in total. The summed E-state index contributed by atoms with van der Waals surface area (Å²) >= 11 is 0. The number of piperazine rings is 1. The van der Waals surface area contributed by atoms with Crippen LogP contribution < -0.4 is 10.6 Å². The number of nitrogens with zero attached hydrogens (tertiary/aromatic N) is 3. The van der Waals surface area contributed by atoms with E-state index in [1.807, 2.05) is 6.07 Å². The van der Waals surface area contributed by atoms with Gasteiger partial charge in [0.15, 0.2) is 0 Å². The molecule has 1 aliphatic rings. The summed E-state index contributed by atoms with van der Waals surface area (Å²) < 4.78 is 39.1. The number of halogens is 3. The molecule has 1 aromatic carbocycles. The van der Waals surface area contributed by atoms with Crippen LogP contribution in [0, 0.1) is 0 Å². The highest BCUT2D eigenvalue weighted by Crippen LogP contribution is 2.34. The third-order valence-corrected chi connectivity index (χ3v) is 4.70. The van der Waals surface area contributed by atoms with E-state index in [1.54, 1.807) is 28.3 Å². The van der Waals surface area contributed by atoms with E-state index in [9.17, 15) is 22.8 Å². The van der Waals surface area contributed by atoms with Gasteiger partial charge >= 0.3 is 12.2 Å². The maximum atomic E-state index is 13.0. The molecule has 3 amide bonds. The van der Waals surface area contributed by atoms with Gasteiger partial charge in [-0.25, -0.2) is 4.79 Å². The van der Waals surface area contributed by atoms with Crippen molar-refractivity contribution in [2.45, 2.75) is 12.7 Å². The number of anilines is 1. The van der Waals surface area contributed by atoms with Crippen molar-refractivity contribution in [1.82, 2.24) is 20.1 Å². The number of nitrogens with one attached hydrogen (secondary N) is 2. The average Bonchev–Trinajstić information content (AvgIpc) is 2.73. The Kier molecular flexibility index (Phi) is 6.88. The molecule has 1 aromatic heterocycles. The van der Waals surface area contributed by atoms with E-state index in [0.29, 0.717) is 32.7 Å². The van der Waals surface area contributed by atoms with Gasteiger partial charge in [0.1, 0.15) is 0 Å². The van der Waals surface area contributed by atoms with Crippen molar-refractivity contribution in [3.63, 3.8) is 0 Å². The number of hydrogen-bond donors (Lipinski definition) is 2. The number of carbonyl (C=O) groups is 2. The number of carbonyl (C=O) groups excluding carboxylic acids is 2. The summed E-state index contributed by atoms with van der Waals surface area (Å²) in [5, 5.41) is 5.16. The van der Waals surface area contributed by atoms with Crippen LogP contribution >= 0.6 is 0 Å². The summed E-state index contributed by atoms with van der Waals surface area (Å²) in [6.45, 7) is 2.07. The van der Waals surface area contributed by atoms with Crippen LogP contribution in [-0.2, 0) is 17.5 Å². The standard InChI is InChI=1S/C20H22F3N5O2/c21-20(22,23)16-5-1-2-6-17(16)26-18(29)14-27-8-10-28(11-9-27)19(30)25-13-15-4-3-7-24-12-15/h1-7,12H,8-11,13-14H2,(H,25,30)(H,26,29). The molecule has 2 N–H and O–H groups in total. The minimum atomic E-state index is -4.54. The first kappa shape index (κ1) is 21.6. The normalized spacial score (nSPS) is 15.0. The predicted octanol–water partition coefficient (Wildman–Crippen LogP) is 2.57. The van der Waals surface area contributed by atoms with Gasteiger partial charge in [-0.15, -0.1) is 0 Å². The maximum absolute atomic E-state index is 13.0. The fourth-order valence-electron chi connectivity index (χ4n) is 3.13. The largest absolute Gasteiger partial charge is 0.418 e. The van der Waals surface area contributed by atoms with Crippen molar-refractivity contribution in [1.29, 1.82) is 0 Å². The Labute approximate surface area is 171 Å². The lowest BCUT2D eigenvalue weighted by atomic mass is 10.1. The van der Waals surface area contributed by atoms with E-state index < -0.39 is 17.6 Å². The molecule has 0 spiro atoms. The van der Waals surface area contributed by atoms with Crippen molar-refractivity contribution in [3.8, 4) is 0 Å². The van der Waals surface area contributed by atoms with Gasteiger partial charge in [-0.2, -0.15) is 13.2 Å². The zero-order chi connectivity index (χ0) is 21.6. The summed E-state index contributed by atoms with van der Waals surface area (Å²) in [7, 11) is 0. The number of alkyl halides is 3. The van der Waals surface area contributed by atoms with E-state index >= 15 is 0 Å². The third kappa shape index (κ3) is 5.93. The lowest BCUT2D eigenvalue weighted by Gasteiger charge is -2.34. The summed E-state index contributed by atoms with van der Waals surface area (Å²) in [6.07, 6.45) is -1.21. The Hall–Kier alpha value is -3.14. The monoisotopic (exact) mass is 421 g/mol. The van der Waals surface area contributed by atoms with Crippen LogP contribution in [0.3, 0.4) is 0 Å². The minimum absolute atomic E-state index is 0.0443. The SMILES string of the molecule is O=C(CN1CCN(C(=O)NCc2cccnc2)CC1)Nc1ccccc1C(F)(F)F. The van der Waals surface area contributed by atoms with Crippen LogP contribution in [0.15, 0.2) is 48.8 Å². The van der Waals surface area contributed by atoms with Crippen molar-refractivity contribution in [3.05, 3.63) is 59.9 Å². The number of urea groups is 1. The molecular formula is C20H22F3N5O2. The molecule has 0 bridgehead atoms. The molecule has 1 aliphatic heterocycles. The molecule has 0 atom stereocenters. The van der Waals surface area contributed by atoms with Crippen LogP contribution in [-0.4, -0.2) is 59.4 Å². The lowest BCUT2D eigenvalue weighted by molar-refractivity contribution is -0.137. The van der Waals surface area contributed by atoms with Crippen LogP contribution in [0.1, 0.15) is 11.1 Å². The molecule has 1 fully saturated rings. The van der Waals surface area contributed by atoms with E-state index in [0.717, 1.165) is 11.6 Å². The van der Waals surface area contributed by atoms with Gasteiger partial charge in [0.05, 0.1) is 17.8 Å². The molecule has 0 aliphatic carbocycles. The second-order valence-electron chi connectivity index (χ2n) is 6.87. The fraction of sp³-hybridized carbons (Fsp3) is 0.350. The molecule has 0 radical (unpaired) electrons. The summed E-state index contributed by atoms with van der Waals surface area (Å²) in [5.41, 5.74) is -0.253. The highest BCUT2D eigenvalue weighted by Gasteiger charge is 2.33. The van der Waals surface area contributed by atoms with E-state index in [4.69, 9.17) is 0 Å². The Morgan fingerprint density at radius 3 is 2.43 bits per heavy atom. The minimum Gasteiger partial charge on any atom is -0.334 e. The van der Waals surface area contributed by atoms with Gasteiger partial charge in [-0.05, 0) is 23.8 Å². The second kappa shape index (κ2) is 9.57. The maximum Gasteiger partial charge on any atom is 0.418 e. The van der Waals surface area contributed by atoms with Gasteiger partial charge in [-0.1, -0.05) is 18.2 Å². The van der Waals surface area contributed by atoms with Crippen LogP contribution in [0.2, 0.25) is 0 Å². The smallest absolute Gasteiger partial charge is 0.334 e. The summed E-state index contributed by atoms with van der Waals surface area (Å²) in [6, 6.07) is 8.32. The highest BCUT2D eigenvalue weighted by atomic mass is 19.4. The van der Waals surface area contributed by atoms with Crippen LogP contribution in [0.5, 0.6) is 0 Å². The van der Waals surface area contributed by atoms with Crippen LogP contribution in [0.4, 0.5) is 23.7 Å². The molecule has 1 saturated heterocycles. The van der Waals surface area contributed by atoms with Gasteiger partial charge in [0, 0.05) is 45.1 Å². The van der Waals surface area contributed by atoms with Crippen molar-refractivity contribution in [2.24, 2.45) is 0 Å². The van der Waals surface area contributed by atoms with Gasteiger partial charge in [-0.3, -0.25) is 14.7 Å². The summed E-state index contributed by atoms with van der Waals surface area (Å²) in [5.74, 6) is -0.527. The Morgan fingerprint density at radius 2 is 1.77 bits per heavy atom. The number of benzene rings is 1. The second-order valence-corrected chi connectivity index (χ2v) is 6.87. The number of pyridine rings is 1. The molecule has 0 unspecified atom stereocenters. The molecule has 30 heavy (non-hydrogen) atoms. The molecule has 10 heteroatoms. The topological polar surface area (TPSA) is 77.6 Å². The average molecular weight is 421 g/mol. The van der Waals surface area contributed by atoms with E-state index in [2.05, 4.69) is 15.6 Å². The molecule has 0 saturated carbocycles. The van der Waals surface area contributed by atoms with Gasteiger partial charge < -0.3 is 15.5 Å². The van der Waals surface area contributed by atoms with Crippen LogP contribution in [0.25, 0.3) is 0 Å². The summed E-state index contributed by atoms with van der Waals surface area (Å²) in [4.78, 5) is 31.9.